The topological polar surface area (TPSA) is 70.8 Å². The minimum absolute atomic E-state index is 0.276. The number of hydrogen-bond donors (Lipinski definition) is 2. The molecule has 5 nitrogen and oxygen atoms in total. The molecule has 0 saturated carbocycles. The van der Waals surface area contributed by atoms with Crippen molar-refractivity contribution in [2.45, 2.75) is 25.8 Å². The molecular weight excluding hydrogens is 330 g/mol. The van der Waals surface area contributed by atoms with Crippen LogP contribution in [0.1, 0.15) is 19.8 Å². The summed E-state index contributed by atoms with van der Waals surface area (Å²) in [6, 6.07) is 8.34. The average molecular weight is 350 g/mol. The van der Waals surface area contributed by atoms with Gasteiger partial charge in [-0.3, -0.25) is 5.10 Å². The lowest BCUT2D eigenvalue weighted by Gasteiger charge is -2.32. The van der Waals surface area contributed by atoms with Crippen LogP contribution in [0, 0.1) is 5.92 Å². The summed E-state index contributed by atoms with van der Waals surface area (Å²) in [5.74, 6) is 2.22. The fourth-order valence-corrected chi connectivity index (χ4v) is 3.02. The van der Waals surface area contributed by atoms with Crippen LogP contribution in [0.2, 0.25) is 0 Å². The van der Waals surface area contributed by atoms with Gasteiger partial charge in [-0.25, -0.2) is 0 Å². The Hall–Kier alpha value is -1.40. The van der Waals surface area contributed by atoms with Crippen molar-refractivity contribution in [2.75, 3.05) is 18.0 Å². The van der Waals surface area contributed by atoms with Gasteiger partial charge in [0.2, 0.25) is 5.95 Å². The van der Waals surface area contributed by atoms with Crippen molar-refractivity contribution in [1.82, 2.24) is 15.2 Å². The fourth-order valence-electron chi connectivity index (χ4n) is 2.76. The molecule has 1 unspecified atom stereocenters. The predicted molar refractivity (Wildman–Crippen MR) is 88.1 cm³/mol. The smallest absolute Gasteiger partial charge is 0.245 e. The van der Waals surface area contributed by atoms with Gasteiger partial charge in [0.1, 0.15) is 0 Å². The Kier molecular flexibility index (Phi) is 4.26. The van der Waals surface area contributed by atoms with Crippen LogP contribution in [0.25, 0.3) is 11.4 Å². The molecule has 1 aliphatic rings. The molecular formula is C15H20BrN5. The van der Waals surface area contributed by atoms with Gasteiger partial charge in [-0.2, -0.15) is 4.98 Å². The van der Waals surface area contributed by atoms with E-state index in [2.05, 4.69) is 42.9 Å². The SMILES string of the molecule is CC(N)C1CCN(c2n[nH]c(-c3ccc(Br)cc3)n2)CC1. The van der Waals surface area contributed by atoms with Gasteiger partial charge in [-0.1, -0.05) is 28.1 Å². The second-order valence-corrected chi connectivity index (χ2v) is 6.59. The number of rotatable bonds is 3. The molecule has 0 radical (unpaired) electrons. The maximum absolute atomic E-state index is 5.98. The van der Waals surface area contributed by atoms with Gasteiger partial charge in [0, 0.05) is 29.2 Å². The highest BCUT2D eigenvalue weighted by Crippen LogP contribution is 2.24. The summed E-state index contributed by atoms with van der Waals surface area (Å²) in [5.41, 5.74) is 7.03. The molecule has 0 bridgehead atoms. The number of aromatic amines is 1. The van der Waals surface area contributed by atoms with Crippen molar-refractivity contribution in [3.8, 4) is 11.4 Å². The van der Waals surface area contributed by atoms with Gasteiger partial charge in [0.25, 0.3) is 0 Å². The van der Waals surface area contributed by atoms with Gasteiger partial charge >= 0.3 is 0 Å². The van der Waals surface area contributed by atoms with E-state index in [0.717, 1.165) is 47.7 Å². The molecule has 1 aromatic heterocycles. The highest BCUT2D eigenvalue weighted by atomic mass is 79.9. The van der Waals surface area contributed by atoms with E-state index in [-0.39, 0.29) is 6.04 Å². The van der Waals surface area contributed by atoms with Gasteiger partial charge < -0.3 is 10.6 Å². The maximum Gasteiger partial charge on any atom is 0.245 e. The number of piperidine rings is 1. The summed E-state index contributed by atoms with van der Waals surface area (Å²) in [5, 5.41) is 7.39. The molecule has 2 aromatic rings. The molecule has 1 saturated heterocycles. The Morgan fingerprint density at radius 2 is 1.95 bits per heavy atom. The van der Waals surface area contributed by atoms with E-state index >= 15 is 0 Å². The highest BCUT2D eigenvalue weighted by molar-refractivity contribution is 9.10. The van der Waals surface area contributed by atoms with Crippen molar-refractivity contribution in [3.63, 3.8) is 0 Å². The average Bonchev–Trinajstić information content (AvgIpc) is 2.98. The number of H-pyrrole nitrogens is 1. The first-order valence-corrected chi connectivity index (χ1v) is 8.11. The molecule has 112 valence electrons. The molecule has 1 aromatic carbocycles. The number of nitrogens with one attached hydrogen (secondary N) is 1. The van der Waals surface area contributed by atoms with E-state index in [1.165, 1.54) is 0 Å². The first-order valence-electron chi connectivity index (χ1n) is 7.32. The third kappa shape index (κ3) is 3.27. The van der Waals surface area contributed by atoms with Gasteiger partial charge in [0.05, 0.1) is 0 Å². The molecule has 1 fully saturated rings. The van der Waals surface area contributed by atoms with Crippen LogP contribution in [-0.4, -0.2) is 34.3 Å². The number of nitrogens with two attached hydrogens (primary N) is 1. The Bertz CT molecular complexity index is 584. The fraction of sp³-hybridized carbons (Fsp3) is 0.467. The van der Waals surface area contributed by atoms with E-state index in [0.29, 0.717) is 5.92 Å². The van der Waals surface area contributed by atoms with Crippen LogP contribution in [0.3, 0.4) is 0 Å². The van der Waals surface area contributed by atoms with Crippen molar-refractivity contribution < 1.29 is 0 Å². The Morgan fingerprint density at radius 1 is 1.29 bits per heavy atom. The highest BCUT2D eigenvalue weighted by Gasteiger charge is 2.24. The monoisotopic (exact) mass is 349 g/mol. The molecule has 6 heteroatoms. The first-order chi connectivity index (χ1) is 10.1. The molecule has 3 rings (SSSR count). The Morgan fingerprint density at radius 3 is 2.57 bits per heavy atom. The lowest BCUT2D eigenvalue weighted by Crippen LogP contribution is -2.40. The quantitative estimate of drug-likeness (QED) is 0.893. The molecule has 3 N–H and O–H groups in total. The molecule has 1 aliphatic heterocycles. The van der Waals surface area contributed by atoms with E-state index in [1.54, 1.807) is 0 Å². The number of halogens is 1. The molecule has 0 spiro atoms. The third-order valence-corrected chi connectivity index (χ3v) is 4.69. The van der Waals surface area contributed by atoms with Crippen LogP contribution >= 0.6 is 15.9 Å². The summed E-state index contributed by atoms with van der Waals surface area (Å²) in [6.07, 6.45) is 2.22. The lowest BCUT2D eigenvalue weighted by atomic mass is 9.91. The molecule has 2 heterocycles. The number of hydrogen-bond acceptors (Lipinski definition) is 4. The summed E-state index contributed by atoms with van der Waals surface area (Å²) in [7, 11) is 0. The van der Waals surface area contributed by atoms with Crippen LogP contribution in [0.5, 0.6) is 0 Å². The third-order valence-electron chi connectivity index (χ3n) is 4.16. The summed E-state index contributed by atoms with van der Waals surface area (Å²) >= 11 is 3.44. The molecule has 21 heavy (non-hydrogen) atoms. The molecule has 0 amide bonds. The van der Waals surface area contributed by atoms with Crippen molar-refractivity contribution in [2.24, 2.45) is 11.7 Å². The number of benzene rings is 1. The zero-order valence-corrected chi connectivity index (χ0v) is 13.7. The van der Waals surface area contributed by atoms with Crippen LogP contribution < -0.4 is 10.6 Å². The van der Waals surface area contributed by atoms with Crippen molar-refractivity contribution >= 4 is 21.9 Å². The van der Waals surface area contributed by atoms with Crippen molar-refractivity contribution in [3.05, 3.63) is 28.7 Å². The van der Waals surface area contributed by atoms with E-state index in [9.17, 15) is 0 Å². The Labute approximate surface area is 133 Å². The zero-order chi connectivity index (χ0) is 14.8. The summed E-state index contributed by atoms with van der Waals surface area (Å²) < 4.78 is 1.06. The van der Waals surface area contributed by atoms with Gasteiger partial charge in [0.15, 0.2) is 5.82 Å². The van der Waals surface area contributed by atoms with Crippen LogP contribution in [0.15, 0.2) is 28.7 Å². The summed E-state index contributed by atoms with van der Waals surface area (Å²) in [6.45, 7) is 4.05. The lowest BCUT2D eigenvalue weighted by molar-refractivity contribution is 0.352. The minimum atomic E-state index is 0.276. The normalized spacial score (nSPS) is 18.0. The molecule has 0 aliphatic carbocycles. The van der Waals surface area contributed by atoms with E-state index in [4.69, 9.17) is 5.73 Å². The van der Waals surface area contributed by atoms with Crippen molar-refractivity contribution in [1.29, 1.82) is 0 Å². The van der Waals surface area contributed by atoms with Crippen LogP contribution in [0.4, 0.5) is 5.95 Å². The van der Waals surface area contributed by atoms with E-state index < -0.39 is 0 Å². The first kappa shape index (κ1) is 14.5. The Balaban J connectivity index is 1.70. The standard InChI is InChI=1S/C15H20BrN5/c1-10(17)11-6-8-21(9-7-11)15-18-14(19-20-15)12-2-4-13(16)5-3-12/h2-5,10-11H,6-9,17H2,1H3,(H,18,19,20). The zero-order valence-electron chi connectivity index (χ0n) is 12.1. The second kappa shape index (κ2) is 6.15. The largest absolute Gasteiger partial charge is 0.340 e. The maximum atomic E-state index is 5.98. The summed E-state index contributed by atoms with van der Waals surface area (Å²) in [4.78, 5) is 6.85. The molecule has 1 atom stereocenters. The predicted octanol–water partition coefficient (Wildman–Crippen LogP) is 2.80. The van der Waals surface area contributed by atoms with Crippen LogP contribution in [-0.2, 0) is 0 Å². The van der Waals surface area contributed by atoms with Gasteiger partial charge in [-0.15, -0.1) is 5.10 Å². The van der Waals surface area contributed by atoms with E-state index in [1.807, 2.05) is 24.3 Å². The van der Waals surface area contributed by atoms with Gasteiger partial charge in [-0.05, 0) is 37.8 Å². The number of nitrogens with zero attached hydrogens (tertiary/aromatic N) is 3. The second-order valence-electron chi connectivity index (χ2n) is 5.67. The number of aromatic nitrogens is 3. The minimum Gasteiger partial charge on any atom is -0.340 e. The number of anilines is 1.